The lowest BCUT2D eigenvalue weighted by Crippen LogP contribution is -2.52. The van der Waals surface area contributed by atoms with Crippen LogP contribution in [0.25, 0.3) is 0 Å². The topological polar surface area (TPSA) is 15.3 Å². The zero-order chi connectivity index (χ0) is 15.4. The predicted octanol–water partition coefficient (Wildman–Crippen LogP) is 3.82. The molecule has 0 radical (unpaired) electrons. The second kappa shape index (κ2) is 7.12. The Morgan fingerprint density at radius 1 is 1.25 bits per heavy atom. The van der Waals surface area contributed by atoms with Crippen LogP contribution in [0, 0.1) is 5.92 Å². The second-order valence-electron chi connectivity index (χ2n) is 6.95. The second-order valence-corrected chi connectivity index (χ2v) is 6.95. The Kier molecular flexibility index (Phi) is 6.32. The van der Waals surface area contributed by atoms with Crippen molar-refractivity contribution in [3.05, 3.63) is 0 Å². The molecule has 120 valence electrons. The van der Waals surface area contributed by atoms with Crippen molar-refractivity contribution in [1.82, 2.24) is 10.2 Å². The number of rotatable bonds is 5. The summed E-state index contributed by atoms with van der Waals surface area (Å²) in [7, 11) is 0. The first kappa shape index (κ1) is 17.8. The van der Waals surface area contributed by atoms with Gasteiger partial charge < -0.3 is 5.32 Å². The van der Waals surface area contributed by atoms with E-state index in [9.17, 15) is 13.2 Å². The first-order valence-electron chi connectivity index (χ1n) is 7.69. The maximum atomic E-state index is 12.9. The van der Waals surface area contributed by atoms with Crippen LogP contribution in [0.2, 0.25) is 0 Å². The monoisotopic (exact) mass is 294 g/mol. The third-order valence-electron chi connectivity index (χ3n) is 3.92. The number of nitrogens with one attached hydrogen (secondary N) is 1. The fourth-order valence-corrected chi connectivity index (χ4v) is 2.78. The van der Waals surface area contributed by atoms with Crippen molar-refractivity contribution in [3.8, 4) is 0 Å². The fraction of sp³-hybridized carbons (Fsp3) is 1.00. The minimum absolute atomic E-state index is 0.00517. The molecule has 0 aliphatic carbocycles. The molecule has 5 heteroatoms. The van der Waals surface area contributed by atoms with Gasteiger partial charge >= 0.3 is 6.18 Å². The summed E-state index contributed by atoms with van der Waals surface area (Å²) in [4.78, 5) is 2.05. The summed E-state index contributed by atoms with van der Waals surface area (Å²) in [6, 6.07) is 0.212. The molecule has 2 atom stereocenters. The number of hydrogen-bond donors (Lipinski definition) is 1. The van der Waals surface area contributed by atoms with Crippen LogP contribution in [-0.4, -0.2) is 42.3 Å². The van der Waals surface area contributed by atoms with Crippen LogP contribution in [0.15, 0.2) is 0 Å². The van der Waals surface area contributed by atoms with E-state index in [1.807, 2.05) is 4.90 Å². The lowest BCUT2D eigenvalue weighted by Gasteiger charge is -2.40. The van der Waals surface area contributed by atoms with Crippen LogP contribution in [0.1, 0.15) is 53.4 Å². The van der Waals surface area contributed by atoms with Crippen molar-refractivity contribution >= 4 is 0 Å². The molecule has 0 saturated carbocycles. The molecule has 0 aromatic carbocycles. The summed E-state index contributed by atoms with van der Waals surface area (Å²) in [5, 5.41) is 3.43. The Bertz CT molecular complexity index is 282. The van der Waals surface area contributed by atoms with E-state index >= 15 is 0 Å². The molecule has 1 fully saturated rings. The van der Waals surface area contributed by atoms with Gasteiger partial charge in [-0.1, -0.05) is 13.3 Å². The van der Waals surface area contributed by atoms with Gasteiger partial charge in [-0.2, -0.15) is 13.2 Å². The van der Waals surface area contributed by atoms with Gasteiger partial charge in [-0.15, -0.1) is 0 Å². The number of halogens is 3. The van der Waals surface area contributed by atoms with E-state index in [0.29, 0.717) is 6.42 Å². The standard InChI is InChI=1S/C15H29F3N2/c1-5-7-13(10-19-14(2,3)4)20-9-6-8-12(11-20)15(16,17)18/h12-13,19H,5-11H2,1-4H3. The van der Waals surface area contributed by atoms with Crippen molar-refractivity contribution < 1.29 is 13.2 Å². The van der Waals surface area contributed by atoms with E-state index in [4.69, 9.17) is 0 Å². The molecular formula is C15H29F3N2. The van der Waals surface area contributed by atoms with E-state index in [1.54, 1.807) is 0 Å². The maximum Gasteiger partial charge on any atom is 0.393 e. The van der Waals surface area contributed by atoms with Crippen LogP contribution in [0.5, 0.6) is 0 Å². The lowest BCUT2D eigenvalue weighted by molar-refractivity contribution is -0.188. The Hall–Kier alpha value is -0.290. The molecule has 1 aliphatic rings. The summed E-state index contributed by atoms with van der Waals surface area (Å²) >= 11 is 0. The Labute approximate surface area is 121 Å². The summed E-state index contributed by atoms with van der Waals surface area (Å²) < 4.78 is 38.7. The molecule has 0 spiro atoms. The number of likely N-dealkylation sites (tertiary alicyclic amines) is 1. The van der Waals surface area contributed by atoms with Gasteiger partial charge in [0.05, 0.1) is 5.92 Å². The van der Waals surface area contributed by atoms with Crippen LogP contribution in [0.3, 0.4) is 0 Å². The molecule has 1 aliphatic heterocycles. The zero-order valence-corrected chi connectivity index (χ0v) is 13.2. The minimum Gasteiger partial charge on any atom is -0.311 e. The van der Waals surface area contributed by atoms with E-state index < -0.39 is 12.1 Å². The fourth-order valence-electron chi connectivity index (χ4n) is 2.78. The molecule has 0 bridgehead atoms. The van der Waals surface area contributed by atoms with Crippen molar-refractivity contribution in [3.63, 3.8) is 0 Å². The van der Waals surface area contributed by atoms with Gasteiger partial charge in [0.1, 0.15) is 0 Å². The molecule has 2 unspecified atom stereocenters. The summed E-state index contributed by atoms with van der Waals surface area (Å²) in [5.41, 5.74) is 0.00517. The average molecular weight is 294 g/mol. The molecule has 0 aromatic rings. The minimum atomic E-state index is -4.05. The highest BCUT2D eigenvalue weighted by molar-refractivity contribution is 4.85. The summed E-state index contributed by atoms with van der Waals surface area (Å²) in [6.45, 7) is 10.1. The van der Waals surface area contributed by atoms with Crippen LogP contribution >= 0.6 is 0 Å². The number of alkyl halides is 3. The van der Waals surface area contributed by atoms with Gasteiger partial charge in [-0.05, 0) is 46.6 Å². The first-order valence-corrected chi connectivity index (χ1v) is 7.69. The molecule has 0 aromatic heterocycles. The van der Waals surface area contributed by atoms with Crippen molar-refractivity contribution in [2.75, 3.05) is 19.6 Å². The highest BCUT2D eigenvalue weighted by Gasteiger charge is 2.42. The molecular weight excluding hydrogens is 265 g/mol. The van der Waals surface area contributed by atoms with Crippen molar-refractivity contribution in [2.24, 2.45) is 5.92 Å². The Balaban J connectivity index is 2.61. The molecule has 2 nitrogen and oxygen atoms in total. The molecule has 1 rings (SSSR count). The van der Waals surface area contributed by atoms with Gasteiger partial charge in [0.2, 0.25) is 0 Å². The number of piperidine rings is 1. The molecule has 1 saturated heterocycles. The van der Waals surface area contributed by atoms with E-state index in [0.717, 1.165) is 25.9 Å². The number of hydrogen-bond acceptors (Lipinski definition) is 2. The van der Waals surface area contributed by atoms with Crippen molar-refractivity contribution in [1.29, 1.82) is 0 Å². The zero-order valence-electron chi connectivity index (χ0n) is 13.2. The smallest absolute Gasteiger partial charge is 0.311 e. The molecule has 1 heterocycles. The highest BCUT2D eigenvalue weighted by atomic mass is 19.4. The van der Waals surface area contributed by atoms with E-state index in [2.05, 4.69) is 33.0 Å². The van der Waals surface area contributed by atoms with E-state index in [1.165, 1.54) is 0 Å². The quantitative estimate of drug-likeness (QED) is 0.829. The van der Waals surface area contributed by atoms with Gasteiger partial charge in [0.25, 0.3) is 0 Å². The Morgan fingerprint density at radius 2 is 1.90 bits per heavy atom. The van der Waals surface area contributed by atoms with Crippen LogP contribution < -0.4 is 5.32 Å². The SMILES string of the molecule is CCCC(CNC(C)(C)C)N1CCCC(C(F)(F)F)C1. The highest BCUT2D eigenvalue weighted by Crippen LogP contribution is 2.34. The van der Waals surface area contributed by atoms with Gasteiger partial charge in [0, 0.05) is 24.7 Å². The van der Waals surface area contributed by atoms with Gasteiger partial charge in [-0.3, -0.25) is 4.90 Å². The van der Waals surface area contributed by atoms with Crippen molar-refractivity contribution in [2.45, 2.75) is 71.1 Å². The maximum absolute atomic E-state index is 12.9. The molecule has 1 N–H and O–H groups in total. The normalized spacial score (nSPS) is 23.9. The van der Waals surface area contributed by atoms with E-state index in [-0.39, 0.29) is 24.5 Å². The first-order chi connectivity index (χ1) is 9.13. The predicted molar refractivity (Wildman–Crippen MR) is 76.8 cm³/mol. The summed E-state index contributed by atoms with van der Waals surface area (Å²) in [5.74, 6) is -1.15. The van der Waals surface area contributed by atoms with Gasteiger partial charge in [0.15, 0.2) is 0 Å². The van der Waals surface area contributed by atoms with Gasteiger partial charge in [-0.25, -0.2) is 0 Å². The lowest BCUT2D eigenvalue weighted by atomic mass is 9.95. The molecule has 20 heavy (non-hydrogen) atoms. The van der Waals surface area contributed by atoms with Crippen LogP contribution in [0.4, 0.5) is 13.2 Å². The Morgan fingerprint density at radius 3 is 2.40 bits per heavy atom. The summed E-state index contributed by atoms with van der Waals surface area (Å²) in [6.07, 6.45) is -1.16. The third kappa shape index (κ3) is 6.00. The van der Waals surface area contributed by atoms with Crippen LogP contribution in [-0.2, 0) is 0 Å². The largest absolute Gasteiger partial charge is 0.393 e. The number of nitrogens with zero attached hydrogens (tertiary/aromatic N) is 1. The molecule has 0 amide bonds. The third-order valence-corrected chi connectivity index (χ3v) is 3.92. The average Bonchev–Trinajstić information content (AvgIpc) is 2.32.